The topological polar surface area (TPSA) is 120 Å². The number of fused-ring (bicyclic) bond motifs is 1. The Hall–Kier alpha value is -4.20. The summed E-state index contributed by atoms with van der Waals surface area (Å²) in [5.41, 5.74) is 2.01. The average molecular weight is 402 g/mol. The van der Waals surface area contributed by atoms with E-state index in [0.29, 0.717) is 22.2 Å². The number of hydrogen-bond donors (Lipinski definition) is 3. The summed E-state index contributed by atoms with van der Waals surface area (Å²) >= 11 is 0. The number of nitrogens with one attached hydrogen (secondary N) is 1. The molecule has 8 nitrogen and oxygen atoms in total. The van der Waals surface area contributed by atoms with Crippen LogP contribution in [0.5, 0.6) is 5.75 Å². The van der Waals surface area contributed by atoms with Crippen LogP contribution >= 0.6 is 0 Å². The van der Waals surface area contributed by atoms with Gasteiger partial charge in [0.25, 0.3) is 5.56 Å². The quantitative estimate of drug-likeness (QED) is 0.426. The van der Waals surface area contributed by atoms with Gasteiger partial charge >= 0.3 is 5.97 Å². The number of rotatable bonds is 4. The summed E-state index contributed by atoms with van der Waals surface area (Å²) in [4.78, 5) is 24.3. The number of aromatic amines is 1. The normalized spacial score (nSPS) is 11.4. The maximum atomic E-state index is 12.8. The number of aromatic hydroxyl groups is 1. The molecule has 0 amide bonds. The number of azo groups is 1. The predicted octanol–water partition coefficient (Wildman–Crippen LogP) is 4.75. The number of carboxylic acids is 1. The van der Waals surface area contributed by atoms with E-state index in [1.54, 1.807) is 31.2 Å². The Morgan fingerprint density at radius 3 is 2.27 bits per heavy atom. The van der Waals surface area contributed by atoms with E-state index in [-0.39, 0.29) is 28.2 Å². The fourth-order valence-electron chi connectivity index (χ4n) is 3.26. The standard InChI is InChI=1S/C22H18N4O4/c1-12-7-9-14(10-8-12)26-21(28)19(13(2)25-26)23-24-20-16-6-4-3-5-15(16)17(22(29)30)11-18(20)27/h3-11,25,27H,1-2H3,(H,29,30). The third-order valence-corrected chi connectivity index (χ3v) is 4.81. The Morgan fingerprint density at radius 2 is 1.60 bits per heavy atom. The number of nitrogens with zero attached hydrogens (tertiary/aromatic N) is 3. The van der Waals surface area contributed by atoms with E-state index in [9.17, 15) is 19.8 Å². The second kappa shape index (κ2) is 7.32. The van der Waals surface area contributed by atoms with Gasteiger partial charge in [-0.2, -0.15) is 0 Å². The van der Waals surface area contributed by atoms with Crippen molar-refractivity contribution in [3.05, 3.63) is 81.8 Å². The minimum atomic E-state index is -1.16. The molecule has 0 radical (unpaired) electrons. The first-order valence-corrected chi connectivity index (χ1v) is 9.15. The average Bonchev–Trinajstić information content (AvgIpc) is 3.01. The van der Waals surface area contributed by atoms with Crippen molar-refractivity contribution in [3.63, 3.8) is 0 Å². The van der Waals surface area contributed by atoms with Crippen LogP contribution in [-0.4, -0.2) is 26.0 Å². The smallest absolute Gasteiger partial charge is 0.336 e. The van der Waals surface area contributed by atoms with Crippen LogP contribution in [0.4, 0.5) is 11.4 Å². The van der Waals surface area contributed by atoms with E-state index >= 15 is 0 Å². The second-order valence-electron chi connectivity index (χ2n) is 6.90. The van der Waals surface area contributed by atoms with Gasteiger partial charge in [-0.1, -0.05) is 42.0 Å². The number of hydrogen-bond acceptors (Lipinski definition) is 5. The van der Waals surface area contributed by atoms with Crippen molar-refractivity contribution in [3.8, 4) is 11.4 Å². The van der Waals surface area contributed by atoms with Crippen LogP contribution in [0.3, 0.4) is 0 Å². The highest BCUT2D eigenvalue weighted by atomic mass is 16.4. The summed E-state index contributed by atoms with van der Waals surface area (Å²) in [7, 11) is 0. The number of carbonyl (C=O) groups is 1. The molecule has 30 heavy (non-hydrogen) atoms. The van der Waals surface area contributed by atoms with E-state index in [1.807, 2.05) is 31.2 Å². The molecule has 0 fully saturated rings. The minimum absolute atomic E-state index is 0.0402. The van der Waals surface area contributed by atoms with Gasteiger partial charge in [-0.05, 0) is 37.4 Å². The fourth-order valence-corrected chi connectivity index (χ4v) is 3.26. The molecule has 1 heterocycles. The molecule has 3 aromatic carbocycles. The molecule has 0 aliphatic carbocycles. The zero-order valence-corrected chi connectivity index (χ0v) is 16.2. The Kier molecular flexibility index (Phi) is 4.67. The van der Waals surface area contributed by atoms with Crippen LogP contribution in [0.15, 0.2) is 69.6 Å². The van der Waals surface area contributed by atoms with Crippen molar-refractivity contribution in [2.24, 2.45) is 10.2 Å². The predicted molar refractivity (Wildman–Crippen MR) is 113 cm³/mol. The fraction of sp³-hybridized carbons (Fsp3) is 0.0909. The monoisotopic (exact) mass is 402 g/mol. The molecule has 3 N–H and O–H groups in total. The van der Waals surface area contributed by atoms with Gasteiger partial charge < -0.3 is 10.2 Å². The molecule has 0 spiro atoms. The van der Waals surface area contributed by atoms with Gasteiger partial charge in [-0.15, -0.1) is 10.2 Å². The van der Waals surface area contributed by atoms with E-state index in [0.717, 1.165) is 11.6 Å². The molecule has 4 rings (SSSR count). The number of phenols is 1. The molecule has 4 aromatic rings. The van der Waals surface area contributed by atoms with E-state index < -0.39 is 5.97 Å². The van der Waals surface area contributed by atoms with Crippen molar-refractivity contribution >= 4 is 28.1 Å². The third kappa shape index (κ3) is 3.24. The summed E-state index contributed by atoms with van der Waals surface area (Å²) in [5, 5.41) is 31.7. The maximum absolute atomic E-state index is 12.8. The van der Waals surface area contributed by atoms with Gasteiger partial charge in [-0.3, -0.25) is 9.89 Å². The zero-order chi connectivity index (χ0) is 21.4. The van der Waals surface area contributed by atoms with Gasteiger partial charge in [0.05, 0.1) is 16.9 Å². The summed E-state index contributed by atoms with van der Waals surface area (Å²) in [5.74, 6) is -1.49. The number of phenolic OH excluding ortho intramolecular Hbond substituents is 1. The highest BCUT2D eigenvalue weighted by Crippen LogP contribution is 2.38. The van der Waals surface area contributed by atoms with Gasteiger partial charge in [-0.25, -0.2) is 9.48 Å². The first-order valence-electron chi connectivity index (χ1n) is 9.15. The molecule has 0 atom stereocenters. The first-order chi connectivity index (χ1) is 14.4. The van der Waals surface area contributed by atoms with Crippen molar-refractivity contribution in [2.45, 2.75) is 13.8 Å². The highest BCUT2D eigenvalue weighted by molar-refractivity contribution is 6.08. The first kappa shape index (κ1) is 19.1. The van der Waals surface area contributed by atoms with E-state index in [4.69, 9.17) is 0 Å². The summed E-state index contributed by atoms with van der Waals surface area (Å²) in [6.07, 6.45) is 0. The highest BCUT2D eigenvalue weighted by Gasteiger charge is 2.17. The lowest BCUT2D eigenvalue weighted by Crippen LogP contribution is -2.13. The second-order valence-corrected chi connectivity index (χ2v) is 6.90. The van der Waals surface area contributed by atoms with Crippen LogP contribution in [0.2, 0.25) is 0 Å². The molecule has 0 saturated carbocycles. The van der Waals surface area contributed by atoms with Gasteiger partial charge in [0.1, 0.15) is 11.4 Å². The Labute approximate surface area is 170 Å². The van der Waals surface area contributed by atoms with Crippen LogP contribution < -0.4 is 5.56 Å². The van der Waals surface area contributed by atoms with Crippen molar-refractivity contribution in [2.75, 3.05) is 0 Å². The van der Waals surface area contributed by atoms with Gasteiger partial charge in [0.2, 0.25) is 0 Å². The zero-order valence-electron chi connectivity index (χ0n) is 16.2. The van der Waals surface area contributed by atoms with Gasteiger partial charge in [0, 0.05) is 5.39 Å². The SMILES string of the molecule is Cc1ccc(-n2[nH]c(C)c(N=Nc3c(O)cc(C(=O)O)c4ccccc34)c2=O)cc1. The molecule has 0 aliphatic heterocycles. The maximum Gasteiger partial charge on any atom is 0.336 e. The summed E-state index contributed by atoms with van der Waals surface area (Å²) in [6, 6.07) is 15.2. The Bertz CT molecular complexity index is 1360. The third-order valence-electron chi connectivity index (χ3n) is 4.81. The molecule has 150 valence electrons. The number of benzene rings is 3. The number of H-pyrrole nitrogens is 1. The molecule has 0 bridgehead atoms. The lowest BCUT2D eigenvalue weighted by atomic mass is 10.0. The number of aromatic carboxylic acids is 1. The number of carboxylic acid groups (broad SMARTS) is 1. The van der Waals surface area contributed by atoms with E-state index in [1.165, 1.54) is 4.68 Å². The van der Waals surface area contributed by atoms with Gasteiger partial charge in [0.15, 0.2) is 5.69 Å². The lowest BCUT2D eigenvalue weighted by Gasteiger charge is -2.07. The summed E-state index contributed by atoms with van der Waals surface area (Å²) in [6.45, 7) is 3.66. The molecular formula is C22H18N4O4. The minimum Gasteiger partial charge on any atom is -0.506 e. The van der Waals surface area contributed by atoms with E-state index in [2.05, 4.69) is 15.3 Å². The van der Waals surface area contributed by atoms with Crippen molar-refractivity contribution in [1.29, 1.82) is 0 Å². The van der Waals surface area contributed by atoms with Crippen molar-refractivity contribution in [1.82, 2.24) is 9.78 Å². The molecular weight excluding hydrogens is 384 g/mol. The van der Waals surface area contributed by atoms with Crippen LogP contribution in [0.25, 0.3) is 16.5 Å². The van der Waals surface area contributed by atoms with Crippen LogP contribution in [0, 0.1) is 13.8 Å². The molecule has 8 heteroatoms. The number of aromatic nitrogens is 2. The largest absolute Gasteiger partial charge is 0.506 e. The Morgan fingerprint density at radius 1 is 0.967 bits per heavy atom. The van der Waals surface area contributed by atoms with Crippen LogP contribution in [-0.2, 0) is 0 Å². The summed E-state index contributed by atoms with van der Waals surface area (Å²) < 4.78 is 1.37. The molecule has 1 aromatic heterocycles. The lowest BCUT2D eigenvalue weighted by molar-refractivity contribution is 0.0698. The Balaban J connectivity index is 1.82. The number of aryl methyl sites for hydroxylation is 2. The van der Waals surface area contributed by atoms with Crippen molar-refractivity contribution < 1.29 is 15.0 Å². The van der Waals surface area contributed by atoms with Crippen LogP contribution in [0.1, 0.15) is 21.6 Å². The molecule has 0 aliphatic rings. The molecule has 0 unspecified atom stereocenters. The molecule has 0 saturated heterocycles.